The van der Waals surface area contributed by atoms with Gasteiger partial charge in [-0.15, -0.1) is 0 Å². The molecule has 1 saturated heterocycles. The van der Waals surface area contributed by atoms with Gasteiger partial charge in [0.05, 0.1) is 0 Å². The summed E-state index contributed by atoms with van der Waals surface area (Å²) in [6, 6.07) is 8.23. The molecule has 2 rings (SSSR count). The van der Waals surface area contributed by atoms with Crippen molar-refractivity contribution in [3.05, 3.63) is 29.3 Å². The van der Waals surface area contributed by atoms with Crippen LogP contribution in [0.15, 0.2) is 24.3 Å². The topological polar surface area (TPSA) is 47.6 Å². The maximum Gasteiger partial charge on any atom is 0.314 e. The normalized spacial score (nSPS) is 18.7. The summed E-state index contributed by atoms with van der Waals surface area (Å²) in [5.41, 5.74) is 1.20. The molecule has 0 bridgehead atoms. The number of benzene rings is 1. The molecule has 1 aliphatic rings. The molecule has 0 aliphatic carbocycles. The SMILES string of the molecule is CC(C)[C@@H](CNC(=O)NC[C@@H]1CCN(c2ccc(Cl)cc2)C1)N(C)C. The highest BCUT2D eigenvalue weighted by atomic mass is 35.5. The lowest BCUT2D eigenvalue weighted by Gasteiger charge is -2.28. The predicted octanol–water partition coefficient (Wildman–Crippen LogP) is 3.05. The van der Waals surface area contributed by atoms with Crippen LogP contribution in [0.4, 0.5) is 10.5 Å². The van der Waals surface area contributed by atoms with Crippen LogP contribution in [0.1, 0.15) is 20.3 Å². The monoisotopic (exact) mass is 366 g/mol. The molecule has 5 nitrogen and oxygen atoms in total. The number of carbonyl (C=O) groups is 1. The fraction of sp³-hybridized carbons (Fsp3) is 0.632. The number of rotatable bonds is 7. The summed E-state index contributed by atoms with van der Waals surface area (Å²) < 4.78 is 0. The quantitative estimate of drug-likeness (QED) is 0.779. The molecule has 0 unspecified atom stereocenters. The minimum Gasteiger partial charge on any atom is -0.371 e. The van der Waals surface area contributed by atoms with E-state index >= 15 is 0 Å². The second-order valence-corrected chi connectivity index (χ2v) is 7.88. The highest BCUT2D eigenvalue weighted by Crippen LogP contribution is 2.24. The largest absolute Gasteiger partial charge is 0.371 e. The lowest BCUT2D eigenvalue weighted by molar-refractivity contribution is 0.212. The zero-order chi connectivity index (χ0) is 18.4. The average Bonchev–Trinajstić information content (AvgIpc) is 3.02. The Morgan fingerprint density at radius 1 is 1.28 bits per heavy atom. The van der Waals surface area contributed by atoms with Gasteiger partial charge in [0.1, 0.15) is 0 Å². The van der Waals surface area contributed by atoms with Crippen molar-refractivity contribution in [1.82, 2.24) is 15.5 Å². The molecule has 0 saturated carbocycles. The molecule has 1 aliphatic heterocycles. The Kier molecular flexibility index (Phi) is 7.38. The highest BCUT2D eigenvalue weighted by molar-refractivity contribution is 6.30. The first kappa shape index (κ1) is 19.9. The molecule has 1 aromatic carbocycles. The summed E-state index contributed by atoms with van der Waals surface area (Å²) in [5, 5.41) is 6.78. The molecular formula is C19H31ClN4O. The van der Waals surface area contributed by atoms with Crippen LogP contribution in [0.3, 0.4) is 0 Å². The van der Waals surface area contributed by atoms with E-state index in [1.807, 2.05) is 26.2 Å². The summed E-state index contributed by atoms with van der Waals surface area (Å²) in [4.78, 5) is 16.6. The van der Waals surface area contributed by atoms with Gasteiger partial charge in [-0.3, -0.25) is 0 Å². The first-order valence-electron chi connectivity index (χ1n) is 9.05. The van der Waals surface area contributed by atoms with E-state index in [-0.39, 0.29) is 6.03 Å². The van der Waals surface area contributed by atoms with Crippen LogP contribution < -0.4 is 15.5 Å². The maximum atomic E-state index is 12.1. The van der Waals surface area contributed by atoms with E-state index in [1.165, 1.54) is 5.69 Å². The van der Waals surface area contributed by atoms with Crippen molar-refractivity contribution in [2.24, 2.45) is 11.8 Å². The Morgan fingerprint density at radius 2 is 1.96 bits per heavy atom. The molecular weight excluding hydrogens is 336 g/mol. The average molecular weight is 367 g/mol. The van der Waals surface area contributed by atoms with Crippen molar-refractivity contribution in [2.45, 2.75) is 26.3 Å². The number of hydrogen-bond donors (Lipinski definition) is 2. The standard InChI is InChI=1S/C19H31ClN4O/c1-14(2)18(23(3)4)12-22-19(25)21-11-15-9-10-24(13-15)17-7-5-16(20)6-8-17/h5-8,14-15,18H,9-13H2,1-4H3,(H2,21,22,25)/t15-,18+/m0/s1. The van der Waals surface area contributed by atoms with Crippen LogP contribution >= 0.6 is 11.6 Å². The van der Waals surface area contributed by atoms with Crippen LogP contribution in [0.25, 0.3) is 0 Å². The van der Waals surface area contributed by atoms with E-state index < -0.39 is 0 Å². The third kappa shape index (κ3) is 6.08. The lowest BCUT2D eigenvalue weighted by atomic mass is 10.0. The summed E-state index contributed by atoms with van der Waals surface area (Å²) in [7, 11) is 4.10. The number of carbonyl (C=O) groups excluding carboxylic acids is 1. The van der Waals surface area contributed by atoms with Gasteiger partial charge >= 0.3 is 6.03 Å². The Labute approximate surface area is 156 Å². The minimum atomic E-state index is -0.0718. The van der Waals surface area contributed by atoms with Gasteiger partial charge in [0.15, 0.2) is 0 Å². The molecule has 140 valence electrons. The van der Waals surface area contributed by atoms with Gasteiger partial charge < -0.3 is 20.4 Å². The predicted molar refractivity (Wildman–Crippen MR) is 105 cm³/mol. The van der Waals surface area contributed by atoms with Crippen molar-refractivity contribution in [1.29, 1.82) is 0 Å². The van der Waals surface area contributed by atoms with E-state index in [9.17, 15) is 4.79 Å². The maximum absolute atomic E-state index is 12.1. The number of hydrogen-bond acceptors (Lipinski definition) is 3. The summed E-state index contributed by atoms with van der Waals surface area (Å²) in [6.07, 6.45) is 1.09. The minimum absolute atomic E-state index is 0.0718. The van der Waals surface area contributed by atoms with Crippen LogP contribution in [0.2, 0.25) is 5.02 Å². The van der Waals surface area contributed by atoms with Crippen LogP contribution in [-0.4, -0.2) is 57.2 Å². The number of nitrogens with zero attached hydrogens (tertiary/aromatic N) is 2. The summed E-state index contributed by atoms with van der Waals surface area (Å²) in [5.74, 6) is 0.981. The zero-order valence-corrected chi connectivity index (χ0v) is 16.5. The number of anilines is 1. The number of nitrogens with one attached hydrogen (secondary N) is 2. The smallest absolute Gasteiger partial charge is 0.314 e. The Bertz CT molecular complexity index is 539. The molecule has 2 atom stereocenters. The fourth-order valence-corrected chi connectivity index (χ4v) is 3.52. The Balaban J connectivity index is 1.71. The van der Waals surface area contributed by atoms with E-state index in [0.29, 0.717) is 31.0 Å². The molecule has 1 aromatic rings. The van der Waals surface area contributed by atoms with Gasteiger partial charge in [-0.2, -0.15) is 0 Å². The first-order valence-corrected chi connectivity index (χ1v) is 9.43. The summed E-state index contributed by atoms with van der Waals surface area (Å²) >= 11 is 5.95. The zero-order valence-electron chi connectivity index (χ0n) is 15.8. The molecule has 1 fully saturated rings. The van der Waals surface area contributed by atoms with E-state index in [0.717, 1.165) is 24.5 Å². The van der Waals surface area contributed by atoms with Crippen molar-refractivity contribution in [3.8, 4) is 0 Å². The number of amides is 2. The molecule has 0 radical (unpaired) electrons. The summed E-state index contributed by atoms with van der Waals surface area (Å²) in [6.45, 7) is 7.71. The Hall–Kier alpha value is -1.46. The van der Waals surface area contributed by atoms with E-state index in [2.05, 4.69) is 46.4 Å². The number of urea groups is 1. The van der Waals surface area contributed by atoms with E-state index in [4.69, 9.17) is 11.6 Å². The van der Waals surface area contributed by atoms with Gasteiger partial charge in [0.25, 0.3) is 0 Å². The molecule has 0 aromatic heterocycles. The molecule has 2 N–H and O–H groups in total. The van der Waals surface area contributed by atoms with Crippen molar-refractivity contribution >= 4 is 23.3 Å². The van der Waals surface area contributed by atoms with E-state index in [1.54, 1.807) is 0 Å². The van der Waals surface area contributed by atoms with Crippen molar-refractivity contribution in [3.63, 3.8) is 0 Å². The van der Waals surface area contributed by atoms with Gasteiger partial charge in [0, 0.05) is 42.9 Å². The van der Waals surface area contributed by atoms with Crippen molar-refractivity contribution < 1.29 is 4.79 Å². The van der Waals surface area contributed by atoms with Crippen LogP contribution in [0.5, 0.6) is 0 Å². The third-order valence-electron chi connectivity index (χ3n) is 4.93. The van der Waals surface area contributed by atoms with Gasteiger partial charge in [-0.1, -0.05) is 25.4 Å². The first-order chi connectivity index (χ1) is 11.9. The molecule has 0 spiro atoms. The third-order valence-corrected chi connectivity index (χ3v) is 5.19. The molecule has 25 heavy (non-hydrogen) atoms. The van der Waals surface area contributed by atoms with Crippen LogP contribution in [-0.2, 0) is 0 Å². The highest BCUT2D eigenvalue weighted by Gasteiger charge is 2.23. The molecule has 1 heterocycles. The van der Waals surface area contributed by atoms with Gasteiger partial charge in [0.2, 0.25) is 0 Å². The molecule has 6 heteroatoms. The van der Waals surface area contributed by atoms with Crippen molar-refractivity contribution in [2.75, 3.05) is 45.2 Å². The second kappa shape index (κ2) is 9.30. The van der Waals surface area contributed by atoms with Crippen LogP contribution in [0, 0.1) is 11.8 Å². The van der Waals surface area contributed by atoms with Gasteiger partial charge in [-0.05, 0) is 56.6 Å². The molecule has 2 amide bonds. The second-order valence-electron chi connectivity index (χ2n) is 7.44. The Morgan fingerprint density at radius 3 is 2.56 bits per heavy atom. The number of halogens is 1. The lowest BCUT2D eigenvalue weighted by Crippen LogP contribution is -2.47. The number of likely N-dealkylation sites (N-methyl/N-ethyl adjacent to an activating group) is 1. The van der Waals surface area contributed by atoms with Gasteiger partial charge in [-0.25, -0.2) is 4.79 Å². The fourth-order valence-electron chi connectivity index (χ4n) is 3.40.